The summed E-state index contributed by atoms with van der Waals surface area (Å²) in [7, 11) is 0. The number of rotatable bonds is 5. The van der Waals surface area contributed by atoms with Gasteiger partial charge in [-0.05, 0) is 30.5 Å². The van der Waals surface area contributed by atoms with Gasteiger partial charge in [0.25, 0.3) is 0 Å². The Balaban J connectivity index is 1.28. The van der Waals surface area contributed by atoms with Crippen LogP contribution >= 0.6 is 0 Å². The van der Waals surface area contributed by atoms with Crippen LogP contribution in [0.25, 0.3) is 11.4 Å². The molecule has 2 fully saturated rings. The number of carbonyl (C=O) groups is 1. The number of morpholine rings is 1. The monoisotopic (exact) mass is 443 g/mol. The molecule has 33 heavy (non-hydrogen) atoms. The molecule has 0 saturated carbocycles. The largest absolute Gasteiger partial charge is 0.379 e. The molecule has 1 amide bonds. The second-order valence-electron chi connectivity index (χ2n) is 8.61. The molecule has 0 spiro atoms. The molecule has 4 heterocycles. The molecule has 1 unspecified atom stereocenters. The molecule has 1 atom stereocenters. The van der Waals surface area contributed by atoms with Gasteiger partial charge in [-0.15, -0.1) is 0 Å². The number of nitrogens with zero attached hydrogens (tertiary/aromatic N) is 5. The fourth-order valence-corrected chi connectivity index (χ4v) is 4.78. The van der Waals surface area contributed by atoms with E-state index in [4.69, 9.17) is 9.72 Å². The summed E-state index contributed by atoms with van der Waals surface area (Å²) < 4.78 is 5.52. The molecule has 7 nitrogen and oxygen atoms in total. The summed E-state index contributed by atoms with van der Waals surface area (Å²) in [6.45, 7) is 4.29. The van der Waals surface area contributed by atoms with Crippen molar-refractivity contribution in [2.45, 2.75) is 24.8 Å². The van der Waals surface area contributed by atoms with Crippen LogP contribution in [0.1, 0.15) is 36.1 Å². The Bertz CT molecular complexity index is 1050. The fraction of sp³-hybridized carbons (Fsp3) is 0.385. The van der Waals surface area contributed by atoms with E-state index in [1.807, 2.05) is 65.8 Å². The number of amides is 1. The van der Waals surface area contributed by atoms with E-state index in [9.17, 15) is 4.79 Å². The van der Waals surface area contributed by atoms with Gasteiger partial charge in [-0.2, -0.15) is 0 Å². The van der Waals surface area contributed by atoms with Gasteiger partial charge < -0.3 is 9.64 Å². The summed E-state index contributed by atoms with van der Waals surface area (Å²) >= 11 is 0. The third-order valence-corrected chi connectivity index (χ3v) is 6.58. The predicted molar refractivity (Wildman–Crippen MR) is 125 cm³/mol. The maximum absolute atomic E-state index is 13.7. The molecule has 0 radical (unpaired) electrons. The molecule has 0 N–H and O–H groups in total. The Morgan fingerprint density at radius 2 is 1.73 bits per heavy atom. The molecule has 1 aromatic carbocycles. The van der Waals surface area contributed by atoms with Gasteiger partial charge in [-0.3, -0.25) is 14.7 Å². The van der Waals surface area contributed by atoms with E-state index in [2.05, 4.69) is 14.9 Å². The minimum absolute atomic E-state index is 0.163. The zero-order chi connectivity index (χ0) is 22.5. The first kappa shape index (κ1) is 21.7. The first-order valence-electron chi connectivity index (χ1n) is 11.7. The van der Waals surface area contributed by atoms with Crippen molar-refractivity contribution in [2.75, 3.05) is 39.4 Å². The van der Waals surface area contributed by atoms with Crippen molar-refractivity contribution in [3.63, 3.8) is 0 Å². The molecular formula is C26H29N5O2. The first-order chi connectivity index (χ1) is 16.3. The van der Waals surface area contributed by atoms with Crippen LogP contribution in [-0.2, 0) is 9.53 Å². The summed E-state index contributed by atoms with van der Waals surface area (Å²) in [5.74, 6) is 1.26. The number of piperidine rings is 1. The fourth-order valence-electron chi connectivity index (χ4n) is 4.78. The second-order valence-corrected chi connectivity index (χ2v) is 8.61. The summed E-state index contributed by atoms with van der Waals surface area (Å²) in [6, 6.07) is 15.7. The van der Waals surface area contributed by atoms with Gasteiger partial charge >= 0.3 is 0 Å². The van der Waals surface area contributed by atoms with Crippen molar-refractivity contribution in [1.82, 2.24) is 24.8 Å². The van der Waals surface area contributed by atoms with Crippen LogP contribution in [-0.4, -0.2) is 70.1 Å². The Kier molecular flexibility index (Phi) is 6.69. The minimum Gasteiger partial charge on any atom is -0.379 e. The zero-order valence-electron chi connectivity index (χ0n) is 18.7. The maximum Gasteiger partial charge on any atom is 0.244 e. The average molecular weight is 444 g/mol. The normalized spacial score (nSPS) is 18.7. The summed E-state index contributed by atoms with van der Waals surface area (Å²) in [5.41, 5.74) is 3.04. The number of benzene rings is 1. The van der Waals surface area contributed by atoms with Crippen LogP contribution in [0, 0.1) is 0 Å². The zero-order valence-corrected chi connectivity index (χ0v) is 18.7. The van der Waals surface area contributed by atoms with Crippen molar-refractivity contribution >= 4 is 5.91 Å². The minimum atomic E-state index is -0.303. The number of aromatic nitrogens is 3. The van der Waals surface area contributed by atoms with Crippen molar-refractivity contribution in [3.05, 3.63) is 78.4 Å². The van der Waals surface area contributed by atoms with Crippen molar-refractivity contribution in [2.24, 2.45) is 0 Å². The number of likely N-dealkylation sites (tertiary alicyclic amines) is 1. The van der Waals surface area contributed by atoms with E-state index in [1.165, 1.54) is 0 Å². The van der Waals surface area contributed by atoms with Crippen LogP contribution in [0.5, 0.6) is 0 Å². The number of carbonyl (C=O) groups excluding carboxylic acids is 1. The third-order valence-electron chi connectivity index (χ3n) is 6.58. The van der Waals surface area contributed by atoms with E-state index >= 15 is 0 Å². The molecule has 2 aliphatic heterocycles. The quantitative estimate of drug-likeness (QED) is 0.603. The van der Waals surface area contributed by atoms with E-state index in [-0.39, 0.29) is 11.9 Å². The van der Waals surface area contributed by atoms with Crippen molar-refractivity contribution < 1.29 is 9.53 Å². The lowest BCUT2D eigenvalue weighted by atomic mass is 9.92. The number of pyridine rings is 1. The Morgan fingerprint density at radius 3 is 2.45 bits per heavy atom. The lowest BCUT2D eigenvalue weighted by Crippen LogP contribution is -2.49. The van der Waals surface area contributed by atoms with Crippen LogP contribution in [0.15, 0.2) is 67.1 Å². The Labute approximate surface area is 194 Å². The van der Waals surface area contributed by atoms with Crippen LogP contribution in [0.2, 0.25) is 0 Å². The molecule has 2 aromatic heterocycles. The third kappa shape index (κ3) is 4.94. The molecule has 2 saturated heterocycles. The highest BCUT2D eigenvalue weighted by molar-refractivity contribution is 5.83. The van der Waals surface area contributed by atoms with Crippen LogP contribution in [0.4, 0.5) is 0 Å². The van der Waals surface area contributed by atoms with E-state index < -0.39 is 0 Å². The van der Waals surface area contributed by atoms with Gasteiger partial charge in [0, 0.05) is 61.9 Å². The van der Waals surface area contributed by atoms with Crippen LogP contribution < -0.4 is 0 Å². The topological polar surface area (TPSA) is 71.5 Å². The molecule has 0 bridgehead atoms. The average Bonchev–Trinajstić information content (AvgIpc) is 2.91. The summed E-state index contributed by atoms with van der Waals surface area (Å²) in [6.07, 6.45) is 7.22. The second kappa shape index (κ2) is 10.2. The lowest BCUT2D eigenvalue weighted by Gasteiger charge is -2.39. The van der Waals surface area contributed by atoms with Gasteiger partial charge in [-0.1, -0.05) is 36.4 Å². The van der Waals surface area contributed by atoms with E-state index in [0.717, 1.165) is 61.7 Å². The SMILES string of the molecule is O=C(C(c1cccnc1)N1CCOCC1)N1CCC(c2ccnc(-c3ccccc3)n2)CC1. The molecular weight excluding hydrogens is 414 g/mol. The van der Waals surface area contributed by atoms with Gasteiger partial charge in [0.1, 0.15) is 6.04 Å². The van der Waals surface area contributed by atoms with E-state index in [1.54, 1.807) is 6.20 Å². The highest BCUT2D eigenvalue weighted by Crippen LogP contribution is 2.31. The Hall–Kier alpha value is -3.16. The molecule has 3 aromatic rings. The number of hydrogen-bond acceptors (Lipinski definition) is 6. The Morgan fingerprint density at radius 1 is 0.939 bits per heavy atom. The van der Waals surface area contributed by atoms with Crippen molar-refractivity contribution in [1.29, 1.82) is 0 Å². The molecule has 2 aliphatic rings. The predicted octanol–water partition coefficient (Wildman–Crippen LogP) is 3.32. The summed E-state index contributed by atoms with van der Waals surface area (Å²) in [5, 5.41) is 0. The highest BCUT2D eigenvalue weighted by atomic mass is 16.5. The van der Waals surface area contributed by atoms with Gasteiger partial charge in [0.05, 0.1) is 13.2 Å². The first-order valence-corrected chi connectivity index (χ1v) is 11.7. The van der Waals surface area contributed by atoms with Gasteiger partial charge in [-0.25, -0.2) is 9.97 Å². The molecule has 7 heteroatoms. The summed E-state index contributed by atoms with van der Waals surface area (Å²) in [4.78, 5) is 31.5. The van der Waals surface area contributed by atoms with Crippen LogP contribution in [0.3, 0.4) is 0 Å². The number of ether oxygens (including phenoxy) is 1. The van der Waals surface area contributed by atoms with Gasteiger partial charge in [0.2, 0.25) is 5.91 Å². The maximum atomic E-state index is 13.7. The van der Waals surface area contributed by atoms with Gasteiger partial charge in [0.15, 0.2) is 5.82 Å². The molecule has 0 aliphatic carbocycles. The highest BCUT2D eigenvalue weighted by Gasteiger charge is 2.34. The lowest BCUT2D eigenvalue weighted by molar-refractivity contribution is -0.140. The van der Waals surface area contributed by atoms with E-state index in [0.29, 0.717) is 19.1 Å². The number of hydrogen-bond donors (Lipinski definition) is 0. The molecule has 170 valence electrons. The van der Waals surface area contributed by atoms with Crippen molar-refractivity contribution in [3.8, 4) is 11.4 Å². The molecule has 5 rings (SSSR count). The smallest absolute Gasteiger partial charge is 0.244 e. The standard InChI is InChI=1S/C26H29N5O2/c32-26(24(22-7-4-11-27-19-22)30-15-17-33-18-16-30)31-13-9-20(10-14-31)23-8-12-28-25(29-23)21-5-2-1-3-6-21/h1-8,11-12,19-20,24H,9-10,13-18H2.